The first kappa shape index (κ1) is 18.0. The SMILES string of the molecule is CC(C)(C)c1nsc(N2CCCC(c3nc(-c4cccc(F)c4)no3)C2)n1. The molecule has 1 fully saturated rings. The number of nitrogens with zero attached hydrogens (tertiary/aromatic N) is 5. The van der Waals surface area contributed by atoms with E-state index in [9.17, 15) is 4.39 Å². The Morgan fingerprint density at radius 2 is 2.11 bits per heavy atom. The Bertz CT molecular complexity index is 932. The minimum Gasteiger partial charge on any atom is -0.346 e. The third kappa shape index (κ3) is 3.85. The van der Waals surface area contributed by atoms with Crippen LogP contribution in [-0.4, -0.2) is 32.6 Å². The van der Waals surface area contributed by atoms with Gasteiger partial charge in [0.1, 0.15) is 11.6 Å². The number of benzene rings is 1. The number of hydrogen-bond acceptors (Lipinski definition) is 7. The van der Waals surface area contributed by atoms with Crippen LogP contribution in [0.5, 0.6) is 0 Å². The first-order valence-corrected chi connectivity index (χ1v) is 9.86. The molecule has 1 unspecified atom stereocenters. The zero-order valence-corrected chi connectivity index (χ0v) is 16.5. The Morgan fingerprint density at radius 1 is 1.26 bits per heavy atom. The Balaban J connectivity index is 1.51. The zero-order valence-electron chi connectivity index (χ0n) is 15.6. The van der Waals surface area contributed by atoms with E-state index in [1.165, 1.54) is 23.7 Å². The van der Waals surface area contributed by atoms with Crippen molar-refractivity contribution in [3.8, 4) is 11.4 Å². The van der Waals surface area contributed by atoms with Gasteiger partial charge >= 0.3 is 0 Å². The molecular formula is C19H22FN5OS. The molecular weight excluding hydrogens is 365 g/mol. The van der Waals surface area contributed by atoms with Crippen LogP contribution in [0.4, 0.5) is 9.52 Å². The van der Waals surface area contributed by atoms with Gasteiger partial charge in [0.15, 0.2) is 0 Å². The highest BCUT2D eigenvalue weighted by Crippen LogP contribution is 2.32. The van der Waals surface area contributed by atoms with Crippen LogP contribution in [0.2, 0.25) is 0 Å². The second-order valence-corrected chi connectivity index (χ2v) is 8.63. The van der Waals surface area contributed by atoms with Gasteiger partial charge in [-0.2, -0.15) is 9.36 Å². The Labute approximate surface area is 161 Å². The molecule has 0 radical (unpaired) electrons. The van der Waals surface area contributed by atoms with Crippen molar-refractivity contribution in [2.24, 2.45) is 0 Å². The van der Waals surface area contributed by atoms with Crippen molar-refractivity contribution < 1.29 is 8.91 Å². The van der Waals surface area contributed by atoms with Gasteiger partial charge in [-0.15, -0.1) is 0 Å². The van der Waals surface area contributed by atoms with Crippen LogP contribution < -0.4 is 4.90 Å². The summed E-state index contributed by atoms with van der Waals surface area (Å²) in [5.41, 5.74) is 0.563. The minimum atomic E-state index is -0.311. The first-order chi connectivity index (χ1) is 12.9. The first-order valence-electron chi connectivity index (χ1n) is 9.09. The fourth-order valence-electron chi connectivity index (χ4n) is 3.15. The van der Waals surface area contributed by atoms with Crippen molar-refractivity contribution in [1.82, 2.24) is 19.5 Å². The monoisotopic (exact) mass is 387 g/mol. The smallest absolute Gasteiger partial charge is 0.231 e. The van der Waals surface area contributed by atoms with Crippen LogP contribution in [-0.2, 0) is 5.41 Å². The van der Waals surface area contributed by atoms with E-state index < -0.39 is 0 Å². The molecule has 0 amide bonds. The highest BCUT2D eigenvalue weighted by molar-refractivity contribution is 7.09. The molecule has 27 heavy (non-hydrogen) atoms. The Morgan fingerprint density at radius 3 is 2.85 bits per heavy atom. The van der Waals surface area contributed by atoms with E-state index in [1.54, 1.807) is 12.1 Å². The molecule has 3 heterocycles. The highest BCUT2D eigenvalue weighted by Gasteiger charge is 2.29. The summed E-state index contributed by atoms with van der Waals surface area (Å²) in [6, 6.07) is 6.24. The largest absolute Gasteiger partial charge is 0.346 e. The summed E-state index contributed by atoms with van der Waals surface area (Å²) >= 11 is 1.44. The standard InChI is InChI=1S/C19H22FN5OS/c1-19(2,3)17-22-18(27-24-17)25-9-5-7-13(11-25)16-21-15(23-26-16)12-6-4-8-14(20)10-12/h4,6,8,10,13H,5,7,9,11H2,1-3H3. The molecule has 3 aromatic rings. The summed E-state index contributed by atoms with van der Waals surface area (Å²) in [6.45, 7) is 8.06. The van der Waals surface area contributed by atoms with Crippen LogP contribution in [0.1, 0.15) is 51.2 Å². The maximum Gasteiger partial charge on any atom is 0.231 e. The van der Waals surface area contributed by atoms with Gasteiger partial charge < -0.3 is 9.42 Å². The van der Waals surface area contributed by atoms with E-state index in [4.69, 9.17) is 9.51 Å². The molecule has 0 bridgehead atoms. The van der Waals surface area contributed by atoms with Crippen LogP contribution in [0.15, 0.2) is 28.8 Å². The fourth-order valence-corrected chi connectivity index (χ4v) is 4.04. The number of halogens is 1. The Kier molecular flexibility index (Phi) is 4.67. The van der Waals surface area contributed by atoms with E-state index in [0.29, 0.717) is 17.3 Å². The molecule has 2 aromatic heterocycles. The maximum atomic E-state index is 13.4. The second-order valence-electron chi connectivity index (χ2n) is 7.90. The van der Waals surface area contributed by atoms with Gasteiger partial charge in [-0.1, -0.05) is 38.1 Å². The van der Waals surface area contributed by atoms with Crippen molar-refractivity contribution >= 4 is 16.7 Å². The molecule has 1 atom stereocenters. The Hall–Kier alpha value is -2.35. The number of hydrogen-bond donors (Lipinski definition) is 0. The maximum absolute atomic E-state index is 13.4. The van der Waals surface area contributed by atoms with Crippen LogP contribution >= 0.6 is 11.5 Å². The molecule has 1 aromatic carbocycles. The summed E-state index contributed by atoms with van der Waals surface area (Å²) < 4.78 is 23.4. The van der Waals surface area contributed by atoms with E-state index in [2.05, 4.69) is 40.2 Å². The summed E-state index contributed by atoms with van der Waals surface area (Å²) in [5.74, 6) is 1.71. The molecule has 4 rings (SSSR count). The number of anilines is 1. The summed E-state index contributed by atoms with van der Waals surface area (Å²) in [6.07, 6.45) is 2.00. The lowest BCUT2D eigenvalue weighted by Crippen LogP contribution is -2.34. The van der Waals surface area contributed by atoms with Crippen LogP contribution in [0.3, 0.4) is 0 Å². The quantitative estimate of drug-likeness (QED) is 0.663. The fraction of sp³-hybridized carbons (Fsp3) is 0.474. The van der Waals surface area contributed by atoms with Crippen molar-refractivity contribution in [2.75, 3.05) is 18.0 Å². The van der Waals surface area contributed by atoms with Crippen molar-refractivity contribution in [3.63, 3.8) is 0 Å². The van der Waals surface area contributed by atoms with E-state index >= 15 is 0 Å². The molecule has 1 aliphatic heterocycles. The summed E-state index contributed by atoms with van der Waals surface area (Å²) in [4.78, 5) is 11.5. The van der Waals surface area contributed by atoms with E-state index in [0.717, 1.165) is 36.9 Å². The van der Waals surface area contributed by atoms with Crippen molar-refractivity contribution in [3.05, 3.63) is 41.8 Å². The number of aromatic nitrogens is 4. The van der Waals surface area contributed by atoms with Gasteiger partial charge in [-0.05, 0) is 25.0 Å². The van der Waals surface area contributed by atoms with Gasteiger partial charge in [0.2, 0.25) is 16.8 Å². The van der Waals surface area contributed by atoms with Gasteiger partial charge in [0.05, 0.1) is 5.92 Å². The van der Waals surface area contributed by atoms with Gasteiger partial charge in [0.25, 0.3) is 0 Å². The van der Waals surface area contributed by atoms with Gasteiger partial charge in [-0.3, -0.25) is 0 Å². The van der Waals surface area contributed by atoms with Gasteiger partial charge in [0, 0.05) is 35.6 Å². The molecule has 6 nitrogen and oxygen atoms in total. The van der Waals surface area contributed by atoms with Crippen LogP contribution in [0.25, 0.3) is 11.4 Å². The van der Waals surface area contributed by atoms with Gasteiger partial charge in [-0.25, -0.2) is 9.37 Å². The van der Waals surface area contributed by atoms with Crippen molar-refractivity contribution in [2.45, 2.75) is 44.9 Å². The molecule has 0 N–H and O–H groups in total. The number of piperidine rings is 1. The highest BCUT2D eigenvalue weighted by atomic mass is 32.1. The third-order valence-electron chi connectivity index (χ3n) is 4.65. The number of rotatable bonds is 3. The zero-order chi connectivity index (χ0) is 19.0. The van der Waals surface area contributed by atoms with Crippen molar-refractivity contribution in [1.29, 1.82) is 0 Å². The third-order valence-corrected chi connectivity index (χ3v) is 5.43. The predicted octanol–water partition coefficient (Wildman–Crippen LogP) is 4.41. The topological polar surface area (TPSA) is 67.9 Å². The van der Waals surface area contributed by atoms with E-state index in [-0.39, 0.29) is 17.2 Å². The molecule has 1 saturated heterocycles. The second kappa shape index (κ2) is 6.99. The lowest BCUT2D eigenvalue weighted by molar-refractivity contribution is 0.333. The molecule has 0 aliphatic carbocycles. The molecule has 8 heteroatoms. The summed E-state index contributed by atoms with van der Waals surface area (Å²) in [7, 11) is 0. The minimum absolute atomic E-state index is 0.0592. The predicted molar refractivity (Wildman–Crippen MR) is 102 cm³/mol. The summed E-state index contributed by atoms with van der Waals surface area (Å²) in [5, 5.41) is 4.98. The molecule has 1 aliphatic rings. The lowest BCUT2D eigenvalue weighted by atomic mass is 9.96. The molecule has 142 valence electrons. The average molecular weight is 387 g/mol. The normalized spacial score (nSPS) is 18.1. The molecule has 0 spiro atoms. The van der Waals surface area contributed by atoms with E-state index in [1.807, 2.05) is 0 Å². The molecule has 0 saturated carbocycles. The lowest BCUT2D eigenvalue weighted by Gasteiger charge is -2.30. The average Bonchev–Trinajstić information content (AvgIpc) is 3.31. The van der Waals surface area contributed by atoms with Crippen LogP contribution in [0, 0.1) is 5.82 Å².